The fourth-order valence-electron chi connectivity index (χ4n) is 1.35. The molecule has 0 saturated carbocycles. The van der Waals surface area contributed by atoms with E-state index in [0.717, 1.165) is 0 Å². The second-order valence-corrected chi connectivity index (χ2v) is 5.83. The van der Waals surface area contributed by atoms with E-state index in [1.807, 2.05) is 0 Å². The summed E-state index contributed by atoms with van der Waals surface area (Å²) in [4.78, 5) is 11.8. The highest BCUT2D eigenvalue weighted by atomic mass is 32.2. The molecule has 1 unspecified atom stereocenters. The number of hydrogen-bond donors (Lipinski definition) is 1. The summed E-state index contributed by atoms with van der Waals surface area (Å²) in [7, 11) is -3.56. The van der Waals surface area contributed by atoms with Crippen molar-refractivity contribution in [2.45, 2.75) is 12.2 Å². The molecule has 0 saturated heterocycles. The van der Waals surface area contributed by atoms with Gasteiger partial charge in [-0.1, -0.05) is 37.3 Å². The molecule has 1 aromatic carbocycles. The highest BCUT2D eigenvalue weighted by Gasteiger charge is 2.30. The van der Waals surface area contributed by atoms with Crippen molar-refractivity contribution in [3.8, 4) is 0 Å². The summed E-state index contributed by atoms with van der Waals surface area (Å²) in [6.45, 7) is 0.778. The minimum absolute atomic E-state index is 0.156. The van der Waals surface area contributed by atoms with Crippen LogP contribution in [0.1, 0.15) is 17.3 Å². The van der Waals surface area contributed by atoms with Crippen LogP contribution in [0, 0.1) is 0 Å². The lowest BCUT2D eigenvalue weighted by Crippen LogP contribution is -2.35. The molecule has 88 valence electrons. The summed E-state index contributed by atoms with van der Waals surface area (Å²) in [5.74, 6) is -0.707. The van der Waals surface area contributed by atoms with Crippen molar-refractivity contribution in [1.29, 1.82) is 0 Å². The molecule has 0 amide bonds. The van der Waals surface area contributed by atoms with Gasteiger partial charge in [-0.3, -0.25) is 4.79 Å². The predicted molar refractivity (Wildman–Crippen MR) is 61.1 cm³/mol. The highest BCUT2D eigenvalue weighted by Crippen LogP contribution is 2.11. The Morgan fingerprint density at radius 3 is 2.31 bits per heavy atom. The molecule has 0 spiro atoms. The molecule has 0 radical (unpaired) electrons. The lowest BCUT2D eigenvalue weighted by Gasteiger charge is -2.12. The first-order chi connectivity index (χ1) is 7.53. The minimum Gasteiger partial charge on any atom is -0.395 e. The monoisotopic (exact) mass is 242 g/mol. The third-order valence-corrected chi connectivity index (χ3v) is 4.39. The van der Waals surface area contributed by atoms with Gasteiger partial charge in [0.25, 0.3) is 0 Å². The van der Waals surface area contributed by atoms with Gasteiger partial charge in [0.1, 0.15) is 5.25 Å². The largest absolute Gasteiger partial charge is 0.395 e. The van der Waals surface area contributed by atoms with Crippen molar-refractivity contribution in [1.82, 2.24) is 0 Å². The third kappa shape index (κ3) is 2.68. The summed E-state index contributed by atoms with van der Waals surface area (Å²) in [6, 6.07) is 8.12. The Hall–Kier alpha value is -1.20. The second kappa shape index (κ2) is 5.23. The van der Waals surface area contributed by atoms with E-state index in [1.165, 1.54) is 19.1 Å². The number of sulfone groups is 1. The molecule has 1 aromatic rings. The molecule has 16 heavy (non-hydrogen) atoms. The van der Waals surface area contributed by atoms with Crippen LogP contribution in [-0.2, 0) is 9.84 Å². The van der Waals surface area contributed by atoms with Crippen LogP contribution in [0.15, 0.2) is 30.3 Å². The van der Waals surface area contributed by atoms with E-state index >= 15 is 0 Å². The smallest absolute Gasteiger partial charge is 0.183 e. The van der Waals surface area contributed by atoms with E-state index in [2.05, 4.69) is 0 Å². The van der Waals surface area contributed by atoms with E-state index in [1.54, 1.807) is 18.2 Å². The van der Waals surface area contributed by atoms with Crippen LogP contribution in [0.25, 0.3) is 0 Å². The van der Waals surface area contributed by atoms with Gasteiger partial charge in [0.2, 0.25) is 0 Å². The maximum atomic E-state index is 11.8. The number of Topliss-reactive ketones (excluding diaryl/α,β-unsaturated/α-hetero) is 1. The van der Waals surface area contributed by atoms with Crippen LogP contribution >= 0.6 is 0 Å². The summed E-state index contributed by atoms with van der Waals surface area (Å²) in [6.07, 6.45) is 0. The average molecular weight is 242 g/mol. The van der Waals surface area contributed by atoms with E-state index in [-0.39, 0.29) is 5.75 Å². The highest BCUT2D eigenvalue weighted by molar-refractivity contribution is 7.92. The maximum Gasteiger partial charge on any atom is 0.183 e. The fraction of sp³-hybridized carbons (Fsp3) is 0.364. The first-order valence-corrected chi connectivity index (χ1v) is 6.66. The van der Waals surface area contributed by atoms with Crippen LogP contribution in [0.5, 0.6) is 0 Å². The molecule has 0 aliphatic rings. The molecule has 0 fully saturated rings. The molecule has 0 heterocycles. The van der Waals surface area contributed by atoms with Crippen molar-refractivity contribution < 1.29 is 18.3 Å². The standard InChI is InChI=1S/C11H14O4S/c1-2-16(14,15)10(8-12)11(13)9-6-4-3-5-7-9/h3-7,10,12H,2,8H2,1H3. The zero-order chi connectivity index (χ0) is 12.2. The topological polar surface area (TPSA) is 71.4 Å². The first kappa shape index (κ1) is 12.9. The molecule has 0 bridgehead atoms. The van der Waals surface area contributed by atoms with Gasteiger partial charge < -0.3 is 5.11 Å². The van der Waals surface area contributed by atoms with Crippen LogP contribution in [0.3, 0.4) is 0 Å². The molecule has 1 atom stereocenters. The molecule has 0 aliphatic carbocycles. The van der Waals surface area contributed by atoms with E-state index < -0.39 is 27.5 Å². The fourth-order valence-corrected chi connectivity index (χ4v) is 2.44. The molecule has 1 rings (SSSR count). The SMILES string of the molecule is CCS(=O)(=O)C(CO)C(=O)c1ccccc1. The number of aliphatic hydroxyl groups is 1. The molecular formula is C11H14O4S. The van der Waals surface area contributed by atoms with Crippen LogP contribution < -0.4 is 0 Å². The van der Waals surface area contributed by atoms with Gasteiger partial charge in [-0.25, -0.2) is 8.42 Å². The number of aliphatic hydroxyl groups excluding tert-OH is 1. The molecular weight excluding hydrogens is 228 g/mol. The Morgan fingerprint density at radius 1 is 1.31 bits per heavy atom. The zero-order valence-electron chi connectivity index (χ0n) is 8.96. The average Bonchev–Trinajstić information content (AvgIpc) is 2.30. The number of carbonyl (C=O) groups excluding carboxylic acids is 1. The van der Waals surface area contributed by atoms with Crippen molar-refractivity contribution in [2.24, 2.45) is 0 Å². The second-order valence-electron chi connectivity index (χ2n) is 3.35. The summed E-state index contributed by atoms with van der Waals surface area (Å²) in [5.41, 5.74) is 0.304. The molecule has 0 aliphatic heterocycles. The minimum atomic E-state index is -3.56. The van der Waals surface area contributed by atoms with Gasteiger partial charge >= 0.3 is 0 Å². The van der Waals surface area contributed by atoms with Crippen molar-refractivity contribution in [3.63, 3.8) is 0 Å². The number of carbonyl (C=O) groups is 1. The molecule has 4 nitrogen and oxygen atoms in total. The van der Waals surface area contributed by atoms with Crippen molar-refractivity contribution in [2.75, 3.05) is 12.4 Å². The molecule has 5 heteroatoms. The lowest BCUT2D eigenvalue weighted by atomic mass is 10.1. The Kier molecular flexibility index (Phi) is 4.20. The van der Waals surface area contributed by atoms with Gasteiger partial charge in [0.05, 0.1) is 6.61 Å². The molecule has 0 aromatic heterocycles. The summed E-state index contributed by atoms with van der Waals surface area (Å²) < 4.78 is 23.1. The van der Waals surface area contributed by atoms with Crippen LogP contribution in [-0.4, -0.2) is 36.9 Å². The van der Waals surface area contributed by atoms with Gasteiger partial charge in [-0.15, -0.1) is 0 Å². The normalized spacial score (nSPS) is 13.4. The number of rotatable bonds is 5. The quantitative estimate of drug-likeness (QED) is 0.770. The number of hydrogen-bond acceptors (Lipinski definition) is 4. The van der Waals surface area contributed by atoms with E-state index in [0.29, 0.717) is 5.56 Å². The third-order valence-electron chi connectivity index (χ3n) is 2.35. The predicted octanol–water partition coefficient (Wildman–Crippen LogP) is 0.665. The van der Waals surface area contributed by atoms with Gasteiger partial charge in [0, 0.05) is 11.3 Å². The first-order valence-electron chi connectivity index (χ1n) is 4.94. The van der Waals surface area contributed by atoms with Crippen LogP contribution in [0.4, 0.5) is 0 Å². The van der Waals surface area contributed by atoms with Gasteiger partial charge in [0.15, 0.2) is 15.6 Å². The number of ketones is 1. The zero-order valence-corrected chi connectivity index (χ0v) is 9.78. The summed E-state index contributed by atoms with van der Waals surface area (Å²) >= 11 is 0. The van der Waals surface area contributed by atoms with E-state index in [4.69, 9.17) is 5.11 Å². The Morgan fingerprint density at radius 2 is 1.88 bits per heavy atom. The molecule has 1 N–H and O–H groups in total. The summed E-state index contributed by atoms with van der Waals surface area (Å²) in [5, 5.41) is 7.68. The van der Waals surface area contributed by atoms with Gasteiger partial charge in [-0.2, -0.15) is 0 Å². The van der Waals surface area contributed by atoms with E-state index in [9.17, 15) is 13.2 Å². The Labute approximate surface area is 94.8 Å². The maximum absolute atomic E-state index is 11.8. The van der Waals surface area contributed by atoms with Crippen molar-refractivity contribution in [3.05, 3.63) is 35.9 Å². The Bertz CT molecular complexity index is 450. The van der Waals surface area contributed by atoms with Crippen molar-refractivity contribution >= 4 is 15.6 Å². The lowest BCUT2D eigenvalue weighted by molar-refractivity contribution is 0.0961. The number of benzene rings is 1. The Balaban J connectivity index is 3.05. The van der Waals surface area contributed by atoms with Crippen LogP contribution in [0.2, 0.25) is 0 Å². The van der Waals surface area contributed by atoms with Gasteiger partial charge in [-0.05, 0) is 0 Å².